The third-order valence-corrected chi connectivity index (χ3v) is 3.79. The van der Waals surface area contributed by atoms with Crippen molar-refractivity contribution in [2.45, 2.75) is 5.92 Å². The zero-order chi connectivity index (χ0) is 16.6. The molecule has 0 radical (unpaired) electrons. The minimum atomic E-state index is -0.654. The van der Waals surface area contributed by atoms with Gasteiger partial charge in [-0.25, -0.2) is 4.79 Å². The van der Waals surface area contributed by atoms with Gasteiger partial charge < -0.3 is 24.7 Å². The van der Waals surface area contributed by atoms with Gasteiger partial charge in [-0.2, -0.15) is 5.26 Å². The van der Waals surface area contributed by atoms with Gasteiger partial charge >= 0.3 is 5.97 Å². The predicted molar refractivity (Wildman–Crippen MR) is 78.2 cm³/mol. The molecule has 0 fully saturated rings. The van der Waals surface area contributed by atoms with Crippen LogP contribution in [-0.4, -0.2) is 26.8 Å². The summed E-state index contributed by atoms with van der Waals surface area (Å²) in [6, 6.07) is 7.17. The lowest BCUT2D eigenvalue weighted by Gasteiger charge is -2.24. The minimum Gasteiger partial charge on any atom is -0.493 e. The second-order valence-corrected chi connectivity index (χ2v) is 4.95. The maximum absolute atomic E-state index is 12.0. The first-order valence-electron chi connectivity index (χ1n) is 6.80. The Labute approximate surface area is 132 Å². The molecule has 3 rings (SSSR count). The van der Waals surface area contributed by atoms with Gasteiger partial charge in [-0.3, -0.25) is 0 Å². The van der Waals surface area contributed by atoms with Crippen molar-refractivity contribution in [2.75, 3.05) is 20.8 Å². The molecule has 2 N–H and O–H groups in total. The first-order chi connectivity index (χ1) is 11.1. The Balaban J connectivity index is 2.16. The monoisotopic (exact) mass is 314 g/mol. The largest absolute Gasteiger partial charge is 0.493 e. The summed E-state index contributed by atoms with van der Waals surface area (Å²) in [6.45, 7) is 0.0113. The van der Waals surface area contributed by atoms with Crippen LogP contribution in [0.5, 0.6) is 11.5 Å². The molecule has 1 aromatic carbocycles. The second-order valence-electron chi connectivity index (χ2n) is 4.95. The number of carbonyl (C=O) groups is 1. The lowest BCUT2D eigenvalue weighted by molar-refractivity contribution is -0.136. The molecule has 118 valence electrons. The molecule has 0 unspecified atom stereocenters. The van der Waals surface area contributed by atoms with Gasteiger partial charge in [0.25, 0.3) is 0 Å². The third-order valence-electron chi connectivity index (χ3n) is 3.79. The van der Waals surface area contributed by atoms with Gasteiger partial charge in [-0.1, -0.05) is 6.07 Å². The number of hydrogen-bond acceptors (Lipinski definition) is 7. The number of nitriles is 1. The van der Waals surface area contributed by atoms with Crippen molar-refractivity contribution < 1.29 is 23.7 Å². The topological polar surface area (TPSA) is 104 Å². The molecular formula is C16H14N2O5. The van der Waals surface area contributed by atoms with E-state index in [1.165, 1.54) is 14.2 Å². The highest BCUT2D eigenvalue weighted by molar-refractivity contribution is 5.94. The molecule has 7 nitrogen and oxygen atoms in total. The van der Waals surface area contributed by atoms with Crippen LogP contribution in [-0.2, 0) is 14.3 Å². The molecule has 2 aliphatic heterocycles. The van der Waals surface area contributed by atoms with E-state index in [0.717, 1.165) is 0 Å². The van der Waals surface area contributed by atoms with E-state index in [4.69, 9.17) is 24.7 Å². The number of rotatable bonds is 3. The lowest BCUT2D eigenvalue weighted by Crippen LogP contribution is -2.21. The quantitative estimate of drug-likeness (QED) is 0.839. The van der Waals surface area contributed by atoms with Crippen molar-refractivity contribution >= 4 is 5.97 Å². The zero-order valence-corrected chi connectivity index (χ0v) is 12.6. The van der Waals surface area contributed by atoms with E-state index in [9.17, 15) is 10.1 Å². The lowest BCUT2D eigenvalue weighted by atomic mass is 9.83. The van der Waals surface area contributed by atoms with Crippen LogP contribution < -0.4 is 15.2 Å². The van der Waals surface area contributed by atoms with Gasteiger partial charge in [0.15, 0.2) is 17.3 Å². The number of methoxy groups -OCH3 is 2. The fraction of sp³-hybridized carbons (Fsp3) is 0.250. The highest BCUT2D eigenvalue weighted by Crippen LogP contribution is 2.43. The van der Waals surface area contributed by atoms with E-state index in [1.54, 1.807) is 18.2 Å². The molecule has 0 aromatic heterocycles. The number of carbonyl (C=O) groups excluding carboxylic acids is 1. The van der Waals surface area contributed by atoms with Crippen LogP contribution in [0.3, 0.4) is 0 Å². The third kappa shape index (κ3) is 2.25. The van der Waals surface area contributed by atoms with Gasteiger partial charge in [0.1, 0.15) is 18.2 Å². The average Bonchev–Trinajstić information content (AvgIpc) is 2.93. The van der Waals surface area contributed by atoms with E-state index in [0.29, 0.717) is 28.4 Å². The number of cyclic esters (lactones) is 1. The summed E-state index contributed by atoms with van der Waals surface area (Å²) in [5.74, 6) is 0.178. The summed E-state index contributed by atoms with van der Waals surface area (Å²) in [4.78, 5) is 12.0. The number of benzene rings is 1. The van der Waals surface area contributed by atoms with Crippen molar-refractivity contribution in [1.82, 2.24) is 0 Å². The smallest absolute Gasteiger partial charge is 0.339 e. The molecule has 1 aromatic rings. The Kier molecular flexibility index (Phi) is 3.58. The van der Waals surface area contributed by atoms with Gasteiger partial charge in [-0.05, 0) is 17.7 Å². The summed E-state index contributed by atoms with van der Waals surface area (Å²) < 4.78 is 20.8. The normalized spacial score (nSPS) is 19.7. The number of esters is 1. The zero-order valence-electron chi connectivity index (χ0n) is 12.6. The molecule has 0 amide bonds. The SMILES string of the molecule is COc1ccc([C@H]2C(C#N)=C(N)OC3=C2C(=O)OC3)cc1OC. The van der Waals surface area contributed by atoms with Crippen LogP contribution in [0.1, 0.15) is 11.5 Å². The Morgan fingerprint density at radius 3 is 2.70 bits per heavy atom. The van der Waals surface area contributed by atoms with Gasteiger partial charge in [0.05, 0.1) is 25.7 Å². The average molecular weight is 314 g/mol. The second kappa shape index (κ2) is 5.57. The van der Waals surface area contributed by atoms with Crippen molar-refractivity contribution in [3.8, 4) is 17.6 Å². The molecule has 0 saturated heterocycles. The van der Waals surface area contributed by atoms with Crippen LogP contribution in [0.25, 0.3) is 0 Å². The standard InChI is InChI=1S/C16H14N2O5/c1-20-10-4-3-8(5-11(10)21-2)13-9(6-17)15(18)23-12-7-22-16(19)14(12)13/h3-5,13H,7,18H2,1-2H3/t13-/m0/s1. The Hall–Kier alpha value is -3.14. The molecule has 7 heteroatoms. The molecular weight excluding hydrogens is 300 g/mol. The van der Waals surface area contributed by atoms with Gasteiger partial charge in [0.2, 0.25) is 5.88 Å². The molecule has 0 bridgehead atoms. The number of ether oxygens (including phenoxy) is 4. The fourth-order valence-corrected chi connectivity index (χ4v) is 2.72. The van der Waals surface area contributed by atoms with Gasteiger partial charge in [0, 0.05) is 0 Å². The van der Waals surface area contributed by atoms with E-state index in [-0.39, 0.29) is 18.1 Å². The van der Waals surface area contributed by atoms with E-state index in [2.05, 4.69) is 0 Å². The molecule has 0 saturated carbocycles. The summed E-state index contributed by atoms with van der Waals surface area (Å²) in [5.41, 5.74) is 6.94. The highest BCUT2D eigenvalue weighted by atomic mass is 16.6. The van der Waals surface area contributed by atoms with Crippen LogP contribution in [0.15, 0.2) is 41.0 Å². The molecule has 1 atom stereocenters. The van der Waals surface area contributed by atoms with Crippen LogP contribution >= 0.6 is 0 Å². The summed E-state index contributed by atoms with van der Waals surface area (Å²) in [5, 5.41) is 9.43. The molecule has 0 spiro atoms. The number of nitrogens with zero attached hydrogens (tertiary/aromatic N) is 1. The van der Waals surface area contributed by atoms with E-state index in [1.807, 2.05) is 6.07 Å². The summed E-state index contributed by atoms with van der Waals surface area (Å²) >= 11 is 0. The number of nitrogens with two attached hydrogens (primary N) is 1. The van der Waals surface area contributed by atoms with E-state index >= 15 is 0 Å². The molecule has 0 aliphatic carbocycles. The maximum atomic E-state index is 12.0. The maximum Gasteiger partial charge on any atom is 0.339 e. The predicted octanol–water partition coefficient (Wildman–Crippen LogP) is 1.32. The minimum absolute atomic E-state index is 0.0113. The first kappa shape index (κ1) is 14.8. The Morgan fingerprint density at radius 1 is 1.30 bits per heavy atom. The number of allylic oxidation sites excluding steroid dienone is 1. The van der Waals surface area contributed by atoms with Crippen molar-refractivity contribution in [2.24, 2.45) is 5.73 Å². The van der Waals surface area contributed by atoms with Crippen molar-refractivity contribution in [3.05, 3.63) is 46.6 Å². The summed E-state index contributed by atoms with van der Waals surface area (Å²) in [7, 11) is 3.04. The van der Waals surface area contributed by atoms with Crippen molar-refractivity contribution in [3.63, 3.8) is 0 Å². The Morgan fingerprint density at radius 2 is 2.04 bits per heavy atom. The highest BCUT2D eigenvalue weighted by Gasteiger charge is 2.41. The summed E-state index contributed by atoms with van der Waals surface area (Å²) in [6.07, 6.45) is 0. The number of hydrogen-bond donors (Lipinski definition) is 1. The fourth-order valence-electron chi connectivity index (χ4n) is 2.72. The van der Waals surface area contributed by atoms with Crippen LogP contribution in [0.2, 0.25) is 0 Å². The molecule has 23 heavy (non-hydrogen) atoms. The van der Waals surface area contributed by atoms with Gasteiger partial charge in [-0.15, -0.1) is 0 Å². The first-order valence-corrected chi connectivity index (χ1v) is 6.80. The van der Waals surface area contributed by atoms with Crippen LogP contribution in [0, 0.1) is 11.3 Å². The molecule has 2 aliphatic rings. The molecule has 2 heterocycles. The van der Waals surface area contributed by atoms with Crippen molar-refractivity contribution in [1.29, 1.82) is 5.26 Å². The Bertz CT molecular complexity index is 788. The van der Waals surface area contributed by atoms with Crippen LogP contribution in [0.4, 0.5) is 0 Å². The van der Waals surface area contributed by atoms with E-state index < -0.39 is 11.9 Å².